The van der Waals surface area contributed by atoms with Crippen LogP contribution in [-0.2, 0) is 0 Å². The molecule has 0 fully saturated rings. The number of rotatable bonds is 2. The Bertz CT molecular complexity index is 862. The van der Waals surface area contributed by atoms with E-state index in [1.807, 2.05) is 38.4 Å². The van der Waals surface area contributed by atoms with Crippen molar-refractivity contribution in [2.75, 3.05) is 19.0 Å². The molecule has 2 aromatic carbocycles. The second-order valence-corrected chi connectivity index (χ2v) is 6.31. The van der Waals surface area contributed by atoms with E-state index < -0.39 is 0 Å². The van der Waals surface area contributed by atoms with Gasteiger partial charge in [-0.05, 0) is 59.5 Å². The molecular weight excluding hydrogens is 302 g/mol. The fourth-order valence-electron chi connectivity index (χ4n) is 2.89. The molecule has 1 nitrogen and oxygen atoms in total. The molecule has 3 rings (SSSR count). The molecule has 0 unspecified atom stereocenters. The quantitative estimate of drug-likeness (QED) is 0.673. The minimum Gasteiger partial charge on any atom is -0.378 e. The maximum absolute atomic E-state index is 5.97. The van der Waals surface area contributed by atoms with E-state index in [0.717, 1.165) is 33.0 Å². The van der Waals surface area contributed by atoms with Gasteiger partial charge >= 0.3 is 0 Å². The van der Waals surface area contributed by atoms with Crippen LogP contribution in [0.2, 0.25) is 5.02 Å². The number of fused-ring (bicyclic) bond motifs is 1. The molecule has 2 aromatic rings. The second-order valence-electron chi connectivity index (χ2n) is 5.88. The van der Waals surface area contributed by atoms with E-state index in [4.69, 9.17) is 18.0 Å². The van der Waals surface area contributed by atoms with Crippen molar-refractivity contribution in [1.29, 1.82) is 0 Å². The van der Waals surface area contributed by atoms with Crippen LogP contribution < -0.4 is 4.90 Å². The van der Waals surface area contributed by atoms with Gasteiger partial charge in [0.25, 0.3) is 0 Å². The Morgan fingerprint density at radius 3 is 2.35 bits per heavy atom. The summed E-state index contributed by atoms with van der Waals surface area (Å²) in [5, 5.41) is 0.742. The summed E-state index contributed by atoms with van der Waals surface area (Å²) in [7, 11) is 4.07. The molecule has 0 bridgehead atoms. The van der Waals surface area contributed by atoms with Crippen LogP contribution in [0.4, 0.5) is 5.69 Å². The maximum atomic E-state index is 5.97. The van der Waals surface area contributed by atoms with E-state index >= 15 is 0 Å². The number of allylic oxidation sites excluding steroid dienone is 3. The number of anilines is 1. The highest BCUT2D eigenvalue weighted by Gasteiger charge is 2.23. The summed E-state index contributed by atoms with van der Waals surface area (Å²) in [6.07, 6.45) is 7.95. The highest BCUT2D eigenvalue weighted by atomic mass is 35.5. The van der Waals surface area contributed by atoms with Crippen LogP contribution in [0.5, 0.6) is 0 Å². The van der Waals surface area contributed by atoms with Gasteiger partial charge in [0, 0.05) is 35.9 Å². The number of nitrogens with zero attached hydrogens (tertiary/aromatic N) is 1. The molecule has 0 saturated heterocycles. The summed E-state index contributed by atoms with van der Waals surface area (Å²) in [6, 6.07) is 14.3. The standard InChI is InChI=1S/C21H18ClN/c1-5-18-14(2)20(12-15-6-8-16(22)9-7-15)19-11-10-17(23(3)4)13-21(18)19/h1,6-13H,2-4H3. The van der Waals surface area contributed by atoms with Gasteiger partial charge in [-0.15, -0.1) is 6.42 Å². The molecule has 1 aliphatic carbocycles. The van der Waals surface area contributed by atoms with Gasteiger partial charge < -0.3 is 4.90 Å². The monoisotopic (exact) mass is 319 g/mol. The highest BCUT2D eigenvalue weighted by Crippen LogP contribution is 2.43. The summed E-state index contributed by atoms with van der Waals surface area (Å²) in [5.41, 5.74) is 7.90. The Hall–Kier alpha value is -2.43. The number of terminal acetylenes is 1. The number of benzene rings is 2. The van der Waals surface area contributed by atoms with Gasteiger partial charge in [0.05, 0.1) is 0 Å². The summed E-state index contributed by atoms with van der Waals surface area (Å²) in [4.78, 5) is 2.09. The normalized spacial score (nSPS) is 14.8. The van der Waals surface area contributed by atoms with Crippen LogP contribution in [0.1, 0.15) is 23.6 Å². The van der Waals surface area contributed by atoms with Gasteiger partial charge in [-0.25, -0.2) is 0 Å². The molecule has 0 heterocycles. The first kappa shape index (κ1) is 15.5. The highest BCUT2D eigenvalue weighted by molar-refractivity contribution is 6.30. The molecule has 114 valence electrons. The van der Waals surface area contributed by atoms with Crippen molar-refractivity contribution >= 4 is 34.5 Å². The summed E-state index contributed by atoms with van der Waals surface area (Å²) >= 11 is 5.97. The molecule has 0 radical (unpaired) electrons. The van der Waals surface area contributed by atoms with Gasteiger partial charge in [0.15, 0.2) is 0 Å². The van der Waals surface area contributed by atoms with E-state index in [9.17, 15) is 0 Å². The first-order valence-corrected chi connectivity index (χ1v) is 7.86. The van der Waals surface area contributed by atoms with E-state index in [2.05, 4.69) is 42.0 Å². The molecule has 0 saturated carbocycles. The number of halogens is 1. The van der Waals surface area contributed by atoms with E-state index in [1.54, 1.807) is 0 Å². The maximum Gasteiger partial charge on any atom is 0.0406 e. The SMILES string of the molecule is C#CC1=C(C)C(=Cc2ccc(Cl)cc2)c2ccc(N(C)C)cc21. The summed E-state index contributed by atoms with van der Waals surface area (Å²) < 4.78 is 0. The van der Waals surface area contributed by atoms with Crippen molar-refractivity contribution in [2.24, 2.45) is 0 Å². The molecule has 0 amide bonds. The van der Waals surface area contributed by atoms with Gasteiger partial charge in [0.1, 0.15) is 0 Å². The lowest BCUT2D eigenvalue weighted by Crippen LogP contribution is -2.08. The largest absolute Gasteiger partial charge is 0.378 e. The fourth-order valence-corrected chi connectivity index (χ4v) is 3.01. The predicted octanol–water partition coefficient (Wildman–Crippen LogP) is 5.37. The average molecular weight is 320 g/mol. The molecule has 1 aliphatic rings. The minimum absolute atomic E-state index is 0.742. The van der Waals surface area contributed by atoms with Crippen LogP contribution in [0.3, 0.4) is 0 Å². The lowest BCUT2D eigenvalue weighted by atomic mass is 10.00. The zero-order valence-corrected chi connectivity index (χ0v) is 14.3. The van der Waals surface area contributed by atoms with E-state index in [1.165, 1.54) is 11.1 Å². The topological polar surface area (TPSA) is 3.24 Å². The van der Waals surface area contributed by atoms with Gasteiger partial charge in [-0.2, -0.15) is 0 Å². The van der Waals surface area contributed by atoms with E-state index in [0.29, 0.717) is 0 Å². The molecule has 0 aromatic heterocycles. The van der Waals surface area contributed by atoms with Gasteiger partial charge in [-0.1, -0.05) is 35.7 Å². The average Bonchev–Trinajstić information content (AvgIpc) is 2.80. The fraction of sp³-hybridized carbons (Fsp3) is 0.143. The Balaban J connectivity index is 2.16. The first-order valence-electron chi connectivity index (χ1n) is 7.48. The molecule has 2 heteroatoms. The minimum atomic E-state index is 0.742. The Morgan fingerprint density at radius 2 is 1.74 bits per heavy atom. The first-order chi connectivity index (χ1) is 11.0. The Kier molecular flexibility index (Phi) is 4.03. The Labute approximate surface area is 142 Å². The Morgan fingerprint density at radius 1 is 1.04 bits per heavy atom. The zero-order chi connectivity index (χ0) is 16.6. The van der Waals surface area contributed by atoms with Crippen LogP contribution in [0.25, 0.3) is 17.2 Å². The summed E-state index contributed by atoms with van der Waals surface area (Å²) in [6.45, 7) is 2.09. The molecule has 0 spiro atoms. The van der Waals surface area contributed by atoms with Crippen molar-refractivity contribution in [3.63, 3.8) is 0 Å². The van der Waals surface area contributed by atoms with Gasteiger partial charge in [0.2, 0.25) is 0 Å². The smallest absolute Gasteiger partial charge is 0.0406 e. The van der Waals surface area contributed by atoms with Crippen LogP contribution in [-0.4, -0.2) is 14.1 Å². The van der Waals surface area contributed by atoms with E-state index in [-0.39, 0.29) is 0 Å². The lowest BCUT2D eigenvalue weighted by molar-refractivity contribution is 1.13. The molecule has 0 aliphatic heterocycles. The zero-order valence-electron chi connectivity index (χ0n) is 13.5. The third-order valence-corrected chi connectivity index (χ3v) is 4.44. The van der Waals surface area contributed by atoms with Crippen LogP contribution in [0.15, 0.2) is 48.0 Å². The predicted molar refractivity (Wildman–Crippen MR) is 102 cm³/mol. The van der Waals surface area contributed by atoms with Crippen molar-refractivity contribution in [3.8, 4) is 12.3 Å². The van der Waals surface area contributed by atoms with Crippen LogP contribution in [0, 0.1) is 12.3 Å². The molecular formula is C21H18ClN. The van der Waals surface area contributed by atoms with Gasteiger partial charge in [-0.3, -0.25) is 0 Å². The second kappa shape index (κ2) is 5.99. The van der Waals surface area contributed by atoms with Crippen molar-refractivity contribution in [3.05, 3.63) is 69.8 Å². The number of hydrogen-bond acceptors (Lipinski definition) is 1. The third-order valence-electron chi connectivity index (χ3n) is 4.18. The summed E-state index contributed by atoms with van der Waals surface area (Å²) in [5.74, 6) is 2.86. The molecule has 0 N–H and O–H groups in total. The van der Waals surface area contributed by atoms with Crippen molar-refractivity contribution < 1.29 is 0 Å². The third kappa shape index (κ3) is 2.79. The van der Waals surface area contributed by atoms with Crippen molar-refractivity contribution in [1.82, 2.24) is 0 Å². The molecule has 0 atom stereocenters. The van der Waals surface area contributed by atoms with Crippen LogP contribution >= 0.6 is 11.6 Å². The lowest BCUT2D eigenvalue weighted by Gasteiger charge is -2.14. The van der Waals surface area contributed by atoms with Crippen molar-refractivity contribution in [2.45, 2.75) is 6.92 Å². The number of hydrogen-bond donors (Lipinski definition) is 0. The molecule has 23 heavy (non-hydrogen) atoms.